The van der Waals surface area contributed by atoms with Gasteiger partial charge in [0, 0.05) is 6.20 Å². The third kappa shape index (κ3) is 5.12. The van der Waals surface area contributed by atoms with E-state index in [1.807, 2.05) is 17.7 Å². The van der Waals surface area contributed by atoms with Gasteiger partial charge in [0.15, 0.2) is 0 Å². The van der Waals surface area contributed by atoms with Crippen molar-refractivity contribution in [2.24, 2.45) is 11.8 Å². The Morgan fingerprint density at radius 1 is 1.23 bits per heavy atom. The zero-order valence-corrected chi connectivity index (χ0v) is 19.8. The molecule has 5 nitrogen and oxygen atoms in total. The first-order valence-corrected chi connectivity index (χ1v) is 12.5. The maximum atomic E-state index is 6.40. The number of pyridine rings is 1. The van der Waals surface area contributed by atoms with E-state index in [-0.39, 0.29) is 0 Å². The van der Waals surface area contributed by atoms with Gasteiger partial charge in [-0.3, -0.25) is 0 Å². The summed E-state index contributed by atoms with van der Waals surface area (Å²) in [6.07, 6.45) is 10.9. The molecule has 3 heterocycles. The Morgan fingerprint density at radius 3 is 2.87 bits per heavy atom. The van der Waals surface area contributed by atoms with Gasteiger partial charge in [0.1, 0.15) is 5.75 Å². The summed E-state index contributed by atoms with van der Waals surface area (Å²) in [5.41, 5.74) is 4.07. The zero-order valence-electron chi connectivity index (χ0n) is 18.2. The molecular formula is C24H29ClN4OS. The van der Waals surface area contributed by atoms with Crippen LogP contribution in [0.4, 0.5) is 0 Å². The fraction of sp³-hybridized carbons (Fsp3) is 0.542. The molecule has 0 aliphatic heterocycles. The lowest BCUT2D eigenvalue weighted by atomic mass is 9.89. The Labute approximate surface area is 192 Å². The largest absolute Gasteiger partial charge is 0.489 e. The molecule has 7 heteroatoms. The number of ether oxygens (including phenoxy) is 1. The van der Waals surface area contributed by atoms with Crippen LogP contribution in [0.3, 0.4) is 0 Å². The minimum Gasteiger partial charge on any atom is -0.489 e. The van der Waals surface area contributed by atoms with Gasteiger partial charge in [-0.25, -0.2) is 9.67 Å². The van der Waals surface area contributed by atoms with Gasteiger partial charge in [-0.1, -0.05) is 30.2 Å². The third-order valence-electron chi connectivity index (χ3n) is 6.34. The van der Waals surface area contributed by atoms with Crippen LogP contribution >= 0.6 is 22.9 Å². The molecule has 164 valence electrons. The second-order valence-corrected chi connectivity index (χ2v) is 10.9. The van der Waals surface area contributed by atoms with E-state index in [2.05, 4.69) is 35.6 Å². The molecule has 0 amide bonds. The number of hydrogen-bond donors (Lipinski definition) is 0. The van der Waals surface area contributed by atoms with Crippen LogP contribution in [0.1, 0.15) is 62.4 Å². The zero-order chi connectivity index (χ0) is 21.4. The summed E-state index contributed by atoms with van der Waals surface area (Å²) >= 11 is 7.96. The minimum atomic E-state index is 0.305. The lowest BCUT2D eigenvalue weighted by Crippen LogP contribution is -2.24. The number of nitrogens with zero attached hydrogens (tertiary/aromatic N) is 4. The highest BCUT2D eigenvalue weighted by atomic mass is 35.5. The van der Waals surface area contributed by atoms with Crippen LogP contribution in [-0.4, -0.2) is 26.1 Å². The first-order chi connectivity index (χ1) is 15.0. The molecule has 3 aromatic rings. The standard InChI is InChI=1S/C24H29ClN4OS/c1-15-4-3-5-20(10-15)30-22-9-8-21(26-16(22)2)24-18(12-23(25)31-24)13-29-14-19(27-28-29)11-17-6-7-17/h8-9,12,14-15,17,20H,3-7,10-11,13H2,1-2H3/t15-,20-/m0/s1. The first kappa shape index (κ1) is 21.0. The van der Waals surface area contributed by atoms with E-state index in [9.17, 15) is 0 Å². The molecule has 0 bridgehead atoms. The second-order valence-electron chi connectivity index (χ2n) is 9.25. The normalized spacial score (nSPS) is 21.4. The molecule has 0 unspecified atom stereocenters. The van der Waals surface area contributed by atoms with Gasteiger partial charge >= 0.3 is 0 Å². The summed E-state index contributed by atoms with van der Waals surface area (Å²) in [6, 6.07) is 6.15. The van der Waals surface area contributed by atoms with Crippen molar-refractivity contribution in [1.82, 2.24) is 20.0 Å². The van der Waals surface area contributed by atoms with Crippen molar-refractivity contribution >= 4 is 22.9 Å². The lowest BCUT2D eigenvalue weighted by Gasteiger charge is -2.27. The van der Waals surface area contributed by atoms with E-state index < -0.39 is 0 Å². The number of aromatic nitrogens is 4. The molecule has 2 fully saturated rings. The van der Waals surface area contributed by atoms with E-state index in [0.717, 1.165) is 68.7 Å². The van der Waals surface area contributed by atoms with Crippen molar-refractivity contribution in [2.45, 2.75) is 71.4 Å². The lowest BCUT2D eigenvalue weighted by molar-refractivity contribution is 0.128. The number of thiophene rings is 1. The molecule has 0 saturated heterocycles. The molecule has 0 spiro atoms. The summed E-state index contributed by atoms with van der Waals surface area (Å²) in [4.78, 5) is 5.97. The molecule has 5 rings (SSSR count). The molecule has 2 saturated carbocycles. The molecule has 0 aromatic carbocycles. The number of halogens is 1. The predicted octanol–water partition coefficient (Wildman–Crippen LogP) is 6.32. The van der Waals surface area contributed by atoms with Crippen molar-refractivity contribution in [3.8, 4) is 16.3 Å². The SMILES string of the molecule is Cc1nc(-c2sc(Cl)cc2Cn2cc(CC3CC3)nn2)ccc1O[C@H]1CCC[C@H](C)C1. The summed E-state index contributed by atoms with van der Waals surface area (Å²) in [5, 5.41) is 8.67. The first-order valence-electron chi connectivity index (χ1n) is 11.4. The highest BCUT2D eigenvalue weighted by Crippen LogP contribution is 2.37. The Morgan fingerprint density at radius 2 is 2.10 bits per heavy atom. The quantitative estimate of drug-likeness (QED) is 0.417. The smallest absolute Gasteiger partial charge is 0.140 e. The van der Waals surface area contributed by atoms with E-state index in [4.69, 9.17) is 21.3 Å². The van der Waals surface area contributed by atoms with E-state index in [1.165, 1.54) is 25.7 Å². The van der Waals surface area contributed by atoms with Crippen molar-refractivity contribution < 1.29 is 4.74 Å². The third-order valence-corrected chi connectivity index (χ3v) is 7.67. The Hall–Kier alpha value is -1.92. The summed E-state index contributed by atoms with van der Waals surface area (Å²) in [6.45, 7) is 4.99. The fourth-order valence-corrected chi connectivity index (χ4v) is 5.73. The Bertz CT molecular complexity index is 1060. The predicted molar refractivity (Wildman–Crippen MR) is 125 cm³/mol. The van der Waals surface area contributed by atoms with Crippen LogP contribution in [0.25, 0.3) is 10.6 Å². The van der Waals surface area contributed by atoms with Crippen LogP contribution in [0.2, 0.25) is 4.34 Å². The van der Waals surface area contributed by atoms with Crippen LogP contribution in [0.5, 0.6) is 5.75 Å². The van der Waals surface area contributed by atoms with Gasteiger partial charge in [-0.05, 0) is 81.0 Å². The van der Waals surface area contributed by atoms with E-state index in [0.29, 0.717) is 12.6 Å². The van der Waals surface area contributed by atoms with E-state index >= 15 is 0 Å². The molecule has 31 heavy (non-hydrogen) atoms. The summed E-state index contributed by atoms with van der Waals surface area (Å²) < 4.78 is 8.98. The molecule has 2 atom stereocenters. The van der Waals surface area contributed by atoms with Gasteiger partial charge in [-0.2, -0.15) is 0 Å². The summed E-state index contributed by atoms with van der Waals surface area (Å²) in [7, 11) is 0. The van der Waals surface area contributed by atoms with Crippen LogP contribution in [-0.2, 0) is 13.0 Å². The minimum absolute atomic E-state index is 0.305. The van der Waals surface area contributed by atoms with Gasteiger partial charge in [0.25, 0.3) is 0 Å². The highest BCUT2D eigenvalue weighted by molar-refractivity contribution is 7.19. The van der Waals surface area contributed by atoms with Gasteiger partial charge in [0.2, 0.25) is 0 Å². The number of aryl methyl sites for hydroxylation is 1. The van der Waals surface area contributed by atoms with Crippen molar-refractivity contribution in [3.63, 3.8) is 0 Å². The average molecular weight is 457 g/mol. The fourth-order valence-electron chi connectivity index (χ4n) is 4.50. The summed E-state index contributed by atoms with van der Waals surface area (Å²) in [5.74, 6) is 2.44. The maximum absolute atomic E-state index is 6.40. The topological polar surface area (TPSA) is 52.8 Å². The molecule has 2 aliphatic rings. The van der Waals surface area contributed by atoms with Gasteiger partial charge < -0.3 is 4.74 Å². The highest BCUT2D eigenvalue weighted by Gasteiger charge is 2.23. The number of hydrogen-bond acceptors (Lipinski definition) is 5. The number of rotatable bonds is 7. The monoisotopic (exact) mass is 456 g/mol. The molecule has 2 aliphatic carbocycles. The average Bonchev–Trinajstić information content (AvgIpc) is 3.32. The van der Waals surface area contributed by atoms with Crippen molar-refractivity contribution in [1.29, 1.82) is 0 Å². The van der Waals surface area contributed by atoms with Crippen LogP contribution in [0.15, 0.2) is 24.4 Å². The second kappa shape index (κ2) is 8.91. The molecule has 3 aromatic heterocycles. The van der Waals surface area contributed by atoms with E-state index in [1.54, 1.807) is 11.3 Å². The van der Waals surface area contributed by atoms with Crippen molar-refractivity contribution in [2.75, 3.05) is 0 Å². The molecule has 0 radical (unpaired) electrons. The van der Waals surface area contributed by atoms with Gasteiger partial charge in [0.05, 0.1) is 38.9 Å². The van der Waals surface area contributed by atoms with Gasteiger partial charge in [-0.15, -0.1) is 16.4 Å². The Kier molecular flexibility index (Phi) is 6.02. The van der Waals surface area contributed by atoms with Crippen LogP contribution in [0, 0.1) is 18.8 Å². The molecule has 0 N–H and O–H groups in total. The van der Waals surface area contributed by atoms with Crippen LogP contribution < -0.4 is 4.74 Å². The Balaban J connectivity index is 1.32. The maximum Gasteiger partial charge on any atom is 0.140 e. The molecular weight excluding hydrogens is 428 g/mol. The van der Waals surface area contributed by atoms with Crippen molar-refractivity contribution in [3.05, 3.63) is 45.7 Å².